The van der Waals surface area contributed by atoms with Crippen LogP contribution in [-0.4, -0.2) is 25.6 Å². The number of anilines is 1. The Kier molecular flexibility index (Phi) is 9.79. The Morgan fingerprint density at radius 3 is 2.55 bits per heavy atom. The first-order valence-electron chi connectivity index (χ1n) is 6.32. The molecular weight excluding hydrogens is 369 g/mol. The molecule has 0 radical (unpaired) electrons. The predicted octanol–water partition coefficient (Wildman–Crippen LogP) is 2.68. The first-order chi connectivity index (χ1) is 9.11. The zero-order chi connectivity index (χ0) is 14.1. The van der Waals surface area contributed by atoms with Crippen LogP contribution in [0.1, 0.15) is 24.8 Å². The molecule has 0 spiro atoms. The van der Waals surface area contributed by atoms with Gasteiger partial charge in [0.05, 0.1) is 7.11 Å². The molecule has 0 unspecified atom stereocenters. The Morgan fingerprint density at radius 2 is 1.95 bits per heavy atom. The Labute approximate surface area is 137 Å². The van der Waals surface area contributed by atoms with Crippen molar-refractivity contribution in [2.45, 2.75) is 26.2 Å². The van der Waals surface area contributed by atoms with E-state index in [9.17, 15) is 4.79 Å². The van der Waals surface area contributed by atoms with Crippen molar-refractivity contribution in [2.24, 2.45) is 10.7 Å². The van der Waals surface area contributed by atoms with Crippen molar-refractivity contribution in [1.29, 1.82) is 0 Å². The summed E-state index contributed by atoms with van der Waals surface area (Å²) in [6, 6.07) is 7.92. The Hall–Kier alpha value is -1.31. The molecule has 0 heterocycles. The fraction of sp³-hybridized carbons (Fsp3) is 0.429. The van der Waals surface area contributed by atoms with Crippen molar-refractivity contribution in [3.8, 4) is 0 Å². The van der Waals surface area contributed by atoms with Gasteiger partial charge in [-0.2, -0.15) is 0 Å². The third kappa shape index (κ3) is 7.98. The fourth-order valence-corrected chi connectivity index (χ4v) is 1.51. The molecule has 1 rings (SSSR count). The maximum atomic E-state index is 10.9. The number of nitrogens with one attached hydrogen (secondary N) is 1. The predicted molar refractivity (Wildman–Crippen MR) is 92.6 cm³/mol. The van der Waals surface area contributed by atoms with Crippen molar-refractivity contribution in [1.82, 2.24) is 0 Å². The number of carbonyl (C=O) groups is 1. The number of hydrogen-bond donors (Lipinski definition) is 2. The van der Waals surface area contributed by atoms with Gasteiger partial charge in [0.25, 0.3) is 0 Å². The lowest BCUT2D eigenvalue weighted by Gasteiger charge is -2.05. The lowest BCUT2D eigenvalue weighted by Crippen LogP contribution is -2.22. The maximum Gasteiger partial charge on any atom is 0.305 e. The van der Waals surface area contributed by atoms with Crippen molar-refractivity contribution in [3.63, 3.8) is 0 Å². The summed E-state index contributed by atoms with van der Waals surface area (Å²) in [5.74, 6) is 0.205. The lowest BCUT2D eigenvalue weighted by molar-refractivity contribution is -0.140. The minimum Gasteiger partial charge on any atom is -0.469 e. The Bertz CT molecular complexity index is 433. The third-order valence-corrected chi connectivity index (χ3v) is 2.62. The minimum absolute atomic E-state index is 0. The molecule has 0 aliphatic carbocycles. The molecule has 0 aliphatic rings. The molecule has 112 valence electrons. The van der Waals surface area contributed by atoms with E-state index in [-0.39, 0.29) is 29.9 Å². The first-order valence-corrected chi connectivity index (χ1v) is 6.32. The summed E-state index contributed by atoms with van der Waals surface area (Å²) in [5.41, 5.74) is 7.88. The van der Waals surface area contributed by atoms with Crippen LogP contribution in [0.2, 0.25) is 0 Å². The maximum absolute atomic E-state index is 10.9. The number of aryl methyl sites for hydroxylation is 1. The average molecular weight is 391 g/mol. The number of carbonyl (C=O) groups excluding carboxylic acids is 1. The summed E-state index contributed by atoms with van der Waals surface area (Å²) in [4.78, 5) is 15.1. The van der Waals surface area contributed by atoms with Crippen LogP contribution >= 0.6 is 24.0 Å². The molecule has 0 fully saturated rings. The molecule has 1 aromatic rings. The number of benzene rings is 1. The van der Waals surface area contributed by atoms with Gasteiger partial charge in [0.2, 0.25) is 0 Å². The van der Waals surface area contributed by atoms with Gasteiger partial charge in [-0.05, 0) is 31.9 Å². The topological polar surface area (TPSA) is 76.7 Å². The normalized spacial score (nSPS) is 10.6. The average Bonchev–Trinajstić information content (AvgIpc) is 2.40. The van der Waals surface area contributed by atoms with Gasteiger partial charge >= 0.3 is 5.97 Å². The van der Waals surface area contributed by atoms with Crippen LogP contribution in [0.4, 0.5) is 5.69 Å². The van der Waals surface area contributed by atoms with E-state index in [1.54, 1.807) is 0 Å². The fourth-order valence-electron chi connectivity index (χ4n) is 1.51. The van der Waals surface area contributed by atoms with Gasteiger partial charge in [0.1, 0.15) is 0 Å². The van der Waals surface area contributed by atoms with Gasteiger partial charge in [-0.25, -0.2) is 0 Å². The van der Waals surface area contributed by atoms with E-state index in [0.717, 1.165) is 18.5 Å². The van der Waals surface area contributed by atoms with Gasteiger partial charge in [-0.1, -0.05) is 17.7 Å². The smallest absolute Gasteiger partial charge is 0.305 e. The summed E-state index contributed by atoms with van der Waals surface area (Å²) < 4.78 is 4.55. The molecule has 6 heteroatoms. The van der Waals surface area contributed by atoms with E-state index in [2.05, 4.69) is 15.0 Å². The second-order valence-electron chi connectivity index (χ2n) is 4.29. The van der Waals surface area contributed by atoms with E-state index in [1.165, 1.54) is 12.7 Å². The molecule has 0 aliphatic heterocycles. The number of ether oxygens (including phenoxy) is 1. The van der Waals surface area contributed by atoms with Crippen molar-refractivity contribution < 1.29 is 9.53 Å². The van der Waals surface area contributed by atoms with Gasteiger partial charge in [-0.15, -0.1) is 24.0 Å². The number of halogens is 1. The van der Waals surface area contributed by atoms with Gasteiger partial charge < -0.3 is 15.8 Å². The van der Waals surface area contributed by atoms with Crippen LogP contribution in [0.5, 0.6) is 0 Å². The molecule has 0 amide bonds. The number of nitrogens with two attached hydrogens (primary N) is 1. The van der Waals surface area contributed by atoms with Crippen molar-refractivity contribution in [3.05, 3.63) is 29.8 Å². The molecule has 0 saturated carbocycles. The molecule has 0 atom stereocenters. The van der Waals surface area contributed by atoms with E-state index >= 15 is 0 Å². The first kappa shape index (κ1) is 18.7. The van der Waals surface area contributed by atoms with E-state index in [4.69, 9.17) is 5.73 Å². The highest BCUT2D eigenvalue weighted by molar-refractivity contribution is 14.0. The zero-order valence-electron chi connectivity index (χ0n) is 11.9. The van der Waals surface area contributed by atoms with E-state index in [1.807, 2.05) is 31.2 Å². The molecule has 0 saturated heterocycles. The molecule has 3 N–H and O–H groups in total. The summed E-state index contributed by atoms with van der Waals surface area (Å²) in [6.45, 7) is 2.63. The van der Waals surface area contributed by atoms with E-state index in [0.29, 0.717) is 18.9 Å². The van der Waals surface area contributed by atoms with Crippen LogP contribution < -0.4 is 11.1 Å². The molecule has 5 nitrogen and oxygen atoms in total. The molecule has 0 aromatic heterocycles. The summed E-state index contributed by atoms with van der Waals surface area (Å²) in [6.07, 6.45) is 2.00. The number of unbranched alkanes of at least 4 members (excludes halogenated alkanes) is 1. The van der Waals surface area contributed by atoms with Crippen LogP contribution in [0.3, 0.4) is 0 Å². The standard InChI is InChI=1S/C14H21N3O2.HI/c1-11-6-8-12(9-7-11)17-14(15)16-10-4-3-5-13(18)19-2;/h6-9H,3-5,10H2,1-2H3,(H3,15,16,17);1H. The second-order valence-corrected chi connectivity index (χ2v) is 4.29. The number of esters is 1. The number of hydrogen-bond acceptors (Lipinski definition) is 3. The van der Waals surface area contributed by atoms with Gasteiger partial charge in [0.15, 0.2) is 5.96 Å². The second kappa shape index (κ2) is 10.5. The quantitative estimate of drug-likeness (QED) is 0.257. The number of methoxy groups -OCH3 is 1. The van der Waals surface area contributed by atoms with Crippen LogP contribution in [0, 0.1) is 6.92 Å². The molecule has 0 bridgehead atoms. The number of nitrogens with zero attached hydrogens (tertiary/aromatic N) is 1. The van der Waals surface area contributed by atoms with Crippen LogP contribution in [-0.2, 0) is 9.53 Å². The van der Waals surface area contributed by atoms with Crippen molar-refractivity contribution >= 4 is 41.6 Å². The molecular formula is C14H22IN3O2. The van der Waals surface area contributed by atoms with Crippen molar-refractivity contribution in [2.75, 3.05) is 19.0 Å². The molecule has 20 heavy (non-hydrogen) atoms. The summed E-state index contributed by atoms with van der Waals surface area (Å²) >= 11 is 0. The van der Waals surface area contributed by atoms with Crippen LogP contribution in [0.25, 0.3) is 0 Å². The third-order valence-electron chi connectivity index (χ3n) is 2.62. The highest BCUT2D eigenvalue weighted by atomic mass is 127. The lowest BCUT2D eigenvalue weighted by atomic mass is 10.2. The van der Waals surface area contributed by atoms with Gasteiger partial charge in [0, 0.05) is 18.7 Å². The highest BCUT2D eigenvalue weighted by Crippen LogP contribution is 2.07. The van der Waals surface area contributed by atoms with Crippen LogP contribution in [0.15, 0.2) is 29.3 Å². The van der Waals surface area contributed by atoms with E-state index < -0.39 is 0 Å². The number of aliphatic imine (C=N–C) groups is 1. The number of rotatable bonds is 6. The Balaban J connectivity index is 0.00000361. The SMILES string of the molecule is COC(=O)CCCCN=C(N)Nc1ccc(C)cc1.I. The largest absolute Gasteiger partial charge is 0.469 e. The van der Waals surface area contributed by atoms with Gasteiger partial charge in [-0.3, -0.25) is 9.79 Å². The summed E-state index contributed by atoms with van der Waals surface area (Å²) in [7, 11) is 1.39. The summed E-state index contributed by atoms with van der Waals surface area (Å²) in [5, 5.41) is 3.02. The minimum atomic E-state index is -0.185. The number of guanidine groups is 1. The molecule has 1 aromatic carbocycles. The zero-order valence-corrected chi connectivity index (χ0v) is 14.2. The monoisotopic (exact) mass is 391 g/mol. The highest BCUT2D eigenvalue weighted by Gasteiger charge is 1.99. The Morgan fingerprint density at radius 1 is 1.30 bits per heavy atom.